The van der Waals surface area contributed by atoms with Gasteiger partial charge in [-0.25, -0.2) is 9.97 Å². The predicted octanol–water partition coefficient (Wildman–Crippen LogP) is 2.63. The third kappa shape index (κ3) is 2.43. The fourth-order valence-corrected chi connectivity index (χ4v) is 2.64. The van der Waals surface area contributed by atoms with Gasteiger partial charge in [-0.3, -0.25) is 0 Å². The maximum atomic E-state index is 5.44. The third-order valence-electron chi connectivity index (χ3n) is 3.71. The highest BCUT2D eigenvalue weighted by molar-refractivity contribution is 5.62. The lowest BCUT2D eigenvalue weighted by Crippen LogP contribution is -2.01. The van der Waals surface area contributed by atoms with Crippen LogP contribution in [0.2, 0.25) is 0 Å². The van der Waals surface area contributed by atoms with E-state index >= 15 is 0 Å². The molecule has 0 radical (unpaired) electrons. The highest BCUT2D eigenvalue weighted by atomic mass is 16.7. The van der Waals surface area contributed by atoms with Gasteiger partial charge >= 0.3 is 0 Å². The van der Waals surface area contributed by atoms with Crippen LogP contribution in [-0.2, 0) is 13.0 Å². The Hall–Kier alpha value is -2.76. The van der Waals surface area contributed by atoms with E-state index in [-0.39, 0.29) is 6.79 Å². The van der Waals surface area contributed by atoms with Crippen LogP contribution in [0.15, 0.2) is 43.0 Å². The van der Waals surface area contributed by atoms with Crippen molar-refractivity contribution in [3.8, 4) is 22.9 Å². The smallest absolute Gasteiger partial charge is 0.231 e. The average Bonchev–Trinajstić information content (AvgIpc) is 3.28. The minimum atomic E-state index is 0.288. The maximum Gasteiger partial charge on any atom is 0.231 e. The molecule has 1 aromatic carbocycles. The Morgan fingerprint density at radius 1 is 1.14 bits per heavy atom. The van der Waals surface area contributed by atoms with Gasteiger partial charge in [-0.05, 0) is 24.6 Å². The second-order valence-electron chi connectivity index (χ2n) is 5.15. The van der Waals surface area contributed by atoms with E-state index in [1.54, 1.807) is 6.20 Å². The molecule has 3 heterocycles. The molecule has 0 atom stereocenters. The second-order valence-corrected chi connectivity index (χ2v) is 5.15. The van der Waals surface area contributed by atoms with Crippen LogP contribution in [0.25, 0.3) is 11.4 Å². The number of ether oxygens (including phenoxy) is 2. The van der Waals surface area contributed by atoms with Gasteiger partial charge in [0.25, 0.3) is 0 Å². The third-order valence-corrected chi connectivity index (χ3v) is 3.71. The molecule has 1 aliphatic rings. The molecule has 0 unspecified atom stereocenters. The van der Waals surface area contributed by atoms with Crippen molar-refractivity contribution >= 4 is 0 Å². The number of aromatic nitrogens is 4. The lowest BCUT2D eigenvalue weighted by molar-refractivity contribution is 0.174. The van der Waals surface area contributed by atoms with Crippen molar-refractivity contribution in [2.75, 3.05) is 6.79 Å². The first-order valence-electron chi connectivity index (χ1n) is 7.29. The van der Waals surface area contributed by atoms with E-state index in [4.69, 9.17) is 9.47 Å². The largest absolute Gasteiger partial charge is 0.454 e. The zero-order valence-electron chi connectivity index (χ0n) is 12.0. The van der Waals surface area contributed by atoms with E-state index in [2.05, 4.69) is 19.5 Å². The molecular weight excluding hydrogens is 280 g/mol. The molecule has 112 valence electrons. The minimum absolute atomic E-state index is 0.288. The van der Waals surface area contributed by atoms with Crippen molar-refractivity contribution in [2.45, 2.75) is 19.4 Å². The Labute approximate surface area is 127 Å². The zero-order valence-corrected chi connectivity index (χ0v) is 12.0. The summed E-state index contributed by atoms with van der Waals surface area (Å²) in [4.78, 5) is 11.8. The lowest BCUT2D eigenvalue weighted by Gasteiger charge is -2.08. The Morgan fingerprint density at radius 3 is 3.00 bits per heavy atom. The Balaban J connectivity index is 1.50. The van der Waals surface area contributed by atoms with Crippen LogP contribution in [0.4, 0.5) is 0 Å². The molecule has 0 fully saturated rings. The standard InChI is InChI=1S/C16H16N4O2/c1(2-15-17-5-6-18-15)8-20-9-7-19-16(20)12-3-4-13-14(10-12)22-11-21-13/h3-7,9-10H,1-2,8,11H2,(H,17,18). The number of imidazole rings is 2. The Kier molecular flexibility index (Phi) is 3.27. The van der Waals surface area contributed by atoms with Crippen molar-refractivity contribution < 1.29 is 9.47 Å². The molecule has 3 aromatic rings. The molecule has 2 aromatic heterocycles. The van der Waals surface area contributed by atoms with Crippen molar-refractivity contribution in [1.82, 2.24) is 19.5 Å². The van der Waals surface area contributed by atoms with Crippen LogP contribution in [0.5, 0.6) is 11.5 Å². The summed E-state index contributed by atoms with van der Waals surface area (Å²) in [5.41, 5.74) is 1.03. The van der Waals surface area contributed by atoms with E-state index in [1.165, 1.54) is 0 Å². The van der Waals surface area contributed by atoms with Crippen molar-refractivity contribution in [1.29, 1.82) is 0 Å². The Bertz CT molecular complexity index is 764. The SMILES string of the molecule is c1c[nH]c(CCCn2ccnc2-c2ccc3c(c2)OCO3)n1. The monoisotopic (exact) mass is 296 g/mol. The summed E-state index contributed by atoms with van der Waals surface area (Å²) < 4.78 is 12.9. The van der Waals surface area contributed by atoms with E-state index in [1.807, 2.05) is 36.8 Å². The molecule has 6 nitrogen and oxygen atoms in total. The predicted molar refractivity (Wildman–Crippen MR) is 80.7 cm³/mol. The van der Waals surface area contributed by atoms with Crippen LogP contribution in [0.1, 0.15) is 12.2 Å². The molecule has 0 bridgehead atoms. The maximum absolute atomic E-state index is 5.44. The molecule has 1 N–H and O–H groups in total. The summed E-state index contributed by atoms with van der Waals surface area (Å²) in [6, 6.07) is 5.92. The van der Waals surface area contributed by atoms with E-state index in [0.29, 0.717) is 0 Å². The lowest BCUT2D eigenvalue weighted by atomic mass is 10.2. The van der Waals surface area contributed by atoms with Crippen LogP contribution in [0, 0.1) is 0 Å². The summed E-state index contributed by atoms with van der Waals surface area (Å²) in [6.07, 6.45) is 9.39. The number of rotatable bonds is 5. The van der Waals surface area contributed by atoms with Crippen molar-refractivity contribution in [2.24, 2.45) is 0 Å². The van der Waals surface area contributed by atoms with E-state index < -0.39 is 0 Å². The van der Waals surface area contributed by atoms with Crippen molar-refractivity contribution in [3.05, 3.63) is 48.8 Å². The highest BCUT2D eigenvalue weighted by Gasteiger charge is 2.15. The first-order chi connectivity index (χ1) is 10.9. The summed E-state index contributed by atoms with van der Waals surface area (Å²) in [7, 11) is 0. The van der Waals surface area contributed by atoms with Gasteiger partial charge in [0.15, 0.2) is 11.5 Å². The van der Waals surface area contributed by atoms with Gasteiger partial charge in [0.1, 0.15) is 11.6 Å². The molecule has 6 heteroatoms. The number of aryl methyl sites for hydroxylation is 2. The number of fused-ring (bicyclic) bond motifs is 1. The molecule has 0 amide bonds. The Morgan fingerprint density at radius 2 is 2.09 bits per heavy atom. The number of benzene rings is 1. The number of H-pyrrole nitrogens is 1. The molecule has 0 saturated heterocycles. The van der Waals surface area contributed by atoms with Crippen LogP contribution in [-0.4, -0.2) is 26.3 Å². The van der Waals surface area contributed by atoms with E-state index in [0.717, 1.165) is 48.1 Å². The number of hydrogen-bond acceptors (Lipinski definition) is 4. The van der Waals surface area contributed by atoms with Gasteiger partial charge in [-0.15, -0.1) is 0 Å². The van der Waals surface area contributed by atoms with Gasteiger partial charge in [-0.1, -0.05) is 0 Å². The molecule has 4 rings (SSSR count). The summed E-state index contributed by atoms with van der Waals surface area (Å²) in [6.45, 7) is 1.18. The van der Waals surface area contributed by atoms with Gasteiger partial charge < -0.3 is 19.0 Å². The summed E-state index contributed by atoms with van der Waals surface area (Å²) >= 11 is 0. The molecule has 22 heavy (non-hydrogen) atoms. The summed E-state index contributed by atoms with van der Waals surface area (Å²) in [5, 5.41) is 0. The molecule has 0 spiro atoms. The van der Waals surface area contributed by atoms with Gasteiger partial charge in [-0.2, -0.15) is 0 Å². The minimum Gasteiger partial charge on any atom is -0.454 e. The van der Waals surface area contributed by atoms with E-state index in [9.17, 15) is 0 Å². The highest BCUT2D eigenvalue weighted by Crippen LogP contribution is 2.35. The second kappa shape index (κ2) is 5.55. The fourth-order valence-electron chi connectivity index (χ4n) is 2.64. The van der Waals surface area contributed by atoms with Crippen molar-refractivity contribution in [3.63, 3.8) is 0 Å². The number of nitrogens with one attached hydrogen (secondary N) is 1. The fraction of sp³-hybridized carbons (Fsp3) is 0.250. The molecular formula is C16H16N4O2. The molecule has 0 saturated carbocycles. The normalized spacial score (nSPS) is 12.7. The zero-order chi connectivity index (χ0) is 14.8. The van der Waals surface area contributed by atoms with Gasteiger partial charge in [0.2, 0.25) is 6.79 Å². The van der Waals surface area contributed by atoms with Gasteiger partial charge in [0.05, 0.1) is 0 Å². The van der Waals surface area contributed by atoms with Crippen LogP contribution in [0.3, 0.4) is 0 Å². The number of nitrogens with zero attached hydrogens (tertiary/aromatic N) is 3. The topological polar surface area (TPSA) is 65.0 Å². The van der Waals surface area contributed by atoms with Gasteiger partial charge in [0, 0.05) is 43.3 Å². The average molecular weight is 296 g/mol. The first-order valence-corrected chi connectivity index (χ1v) is 7.29. The number of hydrogen-bond donors (Lipinski definition) is 1. The van der Waals surface area contributed by atoms with Crippen LogP contribution < -0.4 is 9.47 Å². The first kappa shape index (κ1) is 12.9. The molecule has 1 aliphatic heterocycles. The quantitative estimate of drug-likeness (QED) is 0.786. The number of aromatic amines is 1. The molecule has 0 aliphatic carbocycles. The van der Waals surface area contributed by atoms with Crippen LogP contribution >= 0.6 is 0 Å². The summed E-state index contributed by atoms with van der Waals surface area (Å²) in [5.74, 6) is 3.53.